The molecule has 4 aliphatic rings. The lowest BCUT2D eigenvalue weighted by molar-refractivity contribution is 0.0252. The molecule has 3 amide bonds. The molecular formula is C54H59N5O11. The number of amides is 3. The molecule has 4 aliphatic heterocycles. The van der Waals surface area contributed by atoms with E-state index in [2.05, 4.69) is 11.4 Å². The first-order chi connectivity index (χ1) is 33.9. The van der Waals surface area contributed by atoms with Gasteiger partial charge in [0, 0.05) is 55.5 Å². The van der Waals surface area contributed by atoms with Crippen molar-refractivity contribution in [2.75, 3.05) is 87.5 Å². The van der Waals surface area contributed by atoms with Gasteiger partial charge < -0.3 is 48.1 Å². The largest absolute Gasteiger partial charge is 0.493 e. The number of rotatable bonds is 18. The van der Waals surface area contributed by atoms with Gasteiger partial charge in [0.25, 0.3) is 11.8 Å². The minimum Gasteiger partial charge on any atom is -0.493 e. The van der Waals surface area contributed by atoms with Crippen LogP contribution < -0.4 is 39.0 Å². The summed E-state index contributed by atoms with van der Waals surface area (Å²) in [6.45, 7) is 8.03. The van der Waals surface area contributed by atoms with E-state index in [9.17, 15) is 14.4 Å². The van der Waals surface area contributed by atoms with Crippen LogP contribution in [0.3, 0.4) is 0 Å². The smallest absolute Gasteiger partial charge is 0.414 e. The number of ether oxygens (including phenoxy) is 8. The predicted octanol–water partition coefficient (Wildman–Crippen LogP) is 8.57. The molecule has 9 rings (SSSR count). The second-order valence-electron chi connectivity index (χ2n) is 18.4. The summed E-state index contributed by atoms with van der Waals surface area (Å²) in [5.41, 5.74) is 7.11. The number of hydrogen-bond donors (Lipinski definition) is 1. The van der Waals surface area contributed by atoms with Crippen molar-refractivity contribution in [3.63, 3.8) is 0 Å². The lowest BCUT2D eigenvalue weighted by Gasteiger charge is -2.28. The molecule has 4 heterocycles. The molecule has 2 atom stereocenters. The van der Waals surface area contributed by atoms with Gasteiger partial charge in [-0.05, 0) is 91.9 Å². The molecule has 0 saturated heterocycles. The molecule has 70 heavy (non-hydrogen) atoms. The number of anilines is 4. The summed E-state index contributed by atoms with van der Waals surface area (Å²) in [6, 6.07) is 28.2. The third-order valence-corrected chi connectivity index (χ3v) is 12.5. The zero-order valence-electron chi connectivity index (χ0n) is 40.5. The van der Waals surface area contributed by atoms with Crippen molar-refractivity contribution < 1.29 is 52.3 Å². The Balaban J connectivity index is 1.00. The van der Waals surface area contributed by atoms with Crippen LogP contribution in [0.15, 0.2) is 96.0 Å². The highest BCUT2D eigenvalue weighted by Gasteiger charge is 2.39. The number of nitrogens with one attached hydrogen (secondary N) is 1. The molecule has 0 fully saturated rings. The first kappa shape index (κ1) is 47.9. The van der Waals surface area contributed by atoms with Crippen LogP contribution in [0.5, 0.6) is 23.0 Å². The predicted molar refractivity (Wildman–Crippen MR) is 266 cm³/mol. The van der Waals surface area contributed by atoms with Gasteiger partial charge in [0.1, 0.15) is 18.8 Å². The number of benzene rings is 5. The van der Waals surface area contributed by atoms with Gasteiger partial charge in [-0.3, -0.25) is 24.4 Å². The Kier molecular flexibility index (Phi) is 14.3. The van der Waals surface area contributed by atoms with Crippen molar-refractivity contribution >= 4 is 52.6 Å². The van der Waals surface area contributed by atoms with Crippen molar-refractivity contribution in [2.45, 2.75) is 64.5 Å². The van der Waals surface area contributed by atoms with Crippen molar-refractivity contribution in [3.8, 4) is 23.0 Å². The van der Waals surface area contributed by atoms with Crippen LogP contribution in [0.2, 0.25) is 0 Å². The lowest BCUT2D eigenvalue weighted by atomic mass is 10.1. The van der Waals surface area contributed by atoms with Crippen LogP contribution in [0, 0.1) is 0 Å². The molecule has 16 heteroatoms. The van der Waals surface area contributed by atoms with E-state index in [1.807, 2.05) is 92.5 Å². The Morgan fingerprint density at radius 3 is 1.97 bits per heavy atom. The molecule has 0 bridgehead atoms. The molecule has 0 unspecified atom stereocenters. The van der Waals surface area contributed by atoms with E-state index in [0.717, 1.165) is 28.9 Å². The molecule has 16 nitrogen and oxygen atoms in total. The van der Waals surface area contributed by atoms with Gasteiger partial charge in [-0.25, -0.2) is 4.79 Å². The third-order valence-electron chi connectivity index (χ3n) is 12.5. The normalized spacial score (nSPS) is 16.4. The molecule has 0 radical (unpaired) electrons. The van der Waals surface area contributed by atoms with Gasteiger partial charge in [-0.15, -0.1) is 0 Å². The van der Waals surface area contributed by atoms with Crippen LogP contribution in [0.4, 0.5) is 33.2 Å². The fourth-order valence-electron chi connectivity index (χ4n) is 9.25. The summed E-state index contributed by atoms with van der Waals surface area (Å²) < 4.78 is 47.2. The first-order valence-corrected chi connectivity index (χ1v) is 23.5. The molecule has 0 spiro atoms. The number of aliphatic imine (C=N–C) groups is 1. The van der Waals surface area contributed by atoms with Gasteiger partial charge in [0.2, 0.25) is 0 Å². The number of carbonyl (C=O) groups is 3. The Labute approximate surface area is 408 Å². The van der Waals surface area contributed by atoms with Gasteiger partial charge in [-0.2, -0.15) is 0 Å². The summed E-state index contributed by atoms with van der Waals surface area (Å²) in [6.07, 6.45) is 2.67. The number of nitrogens with zero attached hydrogens (tertiary/aromatic N) is 4. The molecule has 366 valence electrons. The molecule has 5 aromatic carbocycles. The summed E-state index contributed by atoms with van der Waals surface area (Å²) in [5, 5.41) is 3.50. The van der Waals surface area contributed by atoms with Gasteiger partial charge in [-0.1, -0.05) is 36.4 Å². The Bertz CT molecular complexity index is 2790. The first-order valence-electron chi connectivity index (χ1n) is 23.5. The number of carbonyl (C=O) groups excluding carboxylic acids is 3. The number of fused-ring (bicyclic) bond motifs is 8. The SMILES string of the molecule is COCCOCCOCCN(C(=O)OC(C)(C)C)c1cc(COc2cc3c(cc2OC)C(=O)N2c4ccccc4C[C@H]2C=N3)cc(COc2cc3c(cc2OC)C(=O)N2c4ccccc4C[C@H]2CN3)c1. The maximum Gasteiger partial charge on any atom is 0.414 e. The quantitative estimate of drug-likeness (QED) is 0.0836. The maximum absolute atomic E-state index is 14.2. The summed E-state index contributed by atoms with van der Waals surface area (Å²) in [4.78, 5) is 52.3. The summed E-state index contributed by atoms with van der Waals surface area (Å²) in [7, 11) is 4.68. The van der Waals surface area contributed by atoms with E-state index in [-0.39, 0.29) is 50.3 Å². The Hall–Kier alpha value is -7.14. The second kappa shape index (κ2) is 20.8. The second-order valence-corrected chi connectivity index (χ2v) is 18.4. The monoisotopic (exact) mass is 953 g/mol. The minimum absolute atomic E-state index is 0.0300. The van der Waals surface area contributed by atoms with E-state index in [1.165, 1.54) is 12.0 Å². The van der Waals surface area contributed by atoms with E-state index in [1.54, 1.807) is 43.4 Å². The van der Waals surface area contributed by atoms with Crippen LogP contribution in [-0.4, -0.2) is 109 Å². The molecule has 5 aromatic rings. The van der Waals surface area contributed by atoms with Crippen molar-refractivity contribution in [2.24, 2.45) is 4.99 Å². The van der Waals surface area contributed by atoms with Gasteiger partial charge in [0.05, 0.1) is 88.4 Å². The van der Waals surface area contributed by atoms with Crippen molar-refractivity contribution in [3.05, 3.63) is 124 Å². The van der Waals surface area contributed by atoms with E-state index >= 15 is 0 Å². The Morgan fingerprint density at radius 1 is 0.700 bits per heavy atom. The van der Waals surface area contributed by atoms with Crippen LogP contribution in [0.25, 0.3) is 0 Å². The molecule has 0 aromatic heterocycles. The highest BCUT2D eigenvalue weighted by molar-refractivity contribution is 6.15. The van der Waals surface area contributed by atoms with Gasteiger partial charge >= 0.3 is 6.09 Å². The van der Waals surface area contributed by atoms with Crippen LogP contribution >= 0.6 is 0 Å². The van der Waals surface area contributed by atoms with E-state index < -0.39 is 11.7 Å². The van der Waals surface area contributed by atoms with Crippen LogP contribution in [-0.2, 0) is 45.0 Å². The highest BCUT2D eigenvalue weighted by atomic mass is 16.6. The fourth-order valence-corrected chi connectivity index (χ4v) is 9.25. The van der Waals surface area contributed by atoms with Crippen molar-refractivity contribution in [1.29, 1.82) is 0 Å². The number of methoxy groups -OCH3 is 3. The topological polar surface area (TPSA) is 159 Å². The minimum atomic E-state index is -0.792. The summed E-state index contributed by atoms with van der Waals surface area (Å²) >= 11 is 0. The fraction of sp³-hybridized carbons (Fsp3) is 0.370. The number of para-hydroxylation sites is 2. The van der Waals surface area contributed by atoms with Gasteiger partial charge in [0.15, 0.2) is 23.0 Å². The zero-order valence-corrected chi connectivity index (χ0v) is 40.5. The Morgan fingerprint density at radius 2 is 1.30 bits per heavy atom. The molecular weight excluding hydrogens is 895 g/mol. The van der Waals surface area contributed by atoms with E-state index in [4.69, 9.17) is 42.9 Å². The lowest BCUT2D eigenvalue weighted by Crippen LogP contribution is -2.39. The van der Waals surface area contributed by atoms with Crippen LogP contribution in [0.1, 0.15) is 63.7 Å². The highest BCUT2D eigenvalue weighted by Crippen LogP contribution is 2.43. The molecule has 0 aliphatic carbocycles. The number of hydrogen-bond acceptors (Lipinski definition) is 13. The standard InChI is InChI=1S/C54H59N5O11/c1-54(2,3)70-53(62)57(15-16-66-19-20-67-18-17-63-4)38-22-34(32-68-49-28-43-41(26-47(49)64-5)51(60)58-39(30-55-43)24-36-11-7-9-13-45(36)58)21-35(23-38)33-69-50-29-44-42(27-48(50)65-6)52(61)59-40(31-56-44)25-37-12-8-10-14-46(37)59/h7-14,21-23,26-30,39-40,56H,15-20,24-25,31-33H2,1-6H3/t39-,40-/m0/s1. The summed E-state index contributed by atoms with van der Waals surface area (Å²) in [5.74, 6) is 1.26. The van der Waals surface area contributed by atoms with Crippen molar-refractivity contribution in [1.82, 2.24) is 0 Å². The zero-order chi connectivity index (χ0) is 48.9. The molecule has 1 N–H and O–H groups in total. The average molecular weight is 954 g/mol. The van der Waals surface area contributed by atoms with E-state index in [0.29, 0.717) is 102 Å². The third kappa shape index (κ3) is 10.3. The maximum atomic E-state index is 14.2. The average Bonchev–Trinajstić information content (AvgIpc) is 3.84. The molecule has 0 saturated carbocycles.